The summed E-state index contributed by atoms with van der Waals surface area (Å²) in [7, 11) is 0. The van der Waals surface area contributed by atoms with Crippen LogP contribution in [0.4, 0.5) is 0 Å². The molecule has 0 bridgehead atoms. The van der Waals surface area contributed by atoms with Gasteiger partial charge in [0.25, 0.3) is 0 Å². The molecule has 3 nitrogen and oxygen atoms in total. The van der Waals surface area contributed by atoms with E-state index < -0.39 is 5.56 Å². The Bertz CT molecular complexity index is 314. The molecule has 1 atom stereocenters. The van der Waals surface area contributed by atoms with E-state index in [1.807, 2.05) is 30.3 Å². The van der Waals surface area contributed by atoms with Crippen molar-refractivity contribution in [2.75, 3.05) is 6.54 Å². The molecule has 0 amide bonds. The van der Waals surface area contributed by atoms with Crippen LogP contribution in [0.15, 0.2) is 30.3 Å². The van der Waals surface area contributed by atoms with Crippen molar-refractivity contribution in [2.45, 2.75) is 18.4 Å². The van der Waals surface area contributed by atoms with Gasteiger partial charge in [-0.15, -0.1) is 0 Å². The Balaban J connectivity index is 0. The molecular formula is C11H15ClNNaO2. The first-order chi connectivity index (χ1) is 7.24. The van der Waals surface area contributed by atoms with E-state index in [2.05, 4.69) is 0 Å². The Morgan fingerprint density at radius 2 is 2.06 bits per heavy atom. The number of esters is 1. The minimum absolute atomic E-state index is 0. The number of alkyl halides is 1. The molecule has 0 fully saturated rings. The molecule has 2 N–H and O–H groups in total. The summed E-state index contributed by atoms with van der Waals surface area (Å²) in [6, 6.07) is 9.20. The van der Waals surface area contributed by atoms with Gasteiger partial charge in [-0.1, -0.05) is 41.9 Å². The second kappa shape index (κ2) is 9.02. The zero-order valence-corrected chi connectivity index (χ0v) is 12.1. The SMILES string of the molecule is NCCCC(=O)OC(Cl)c1ccccc1.[H-].[Na+]. The Morgan fingerprint density at radius 3 is 2.62 bits per heavy atom. The monoisotopic (exact) mass is 251 g/mol. The molecule has 0 spiro atoms. The predicted octanol–water partition coefficient (Wildman–Crippen LogP) is -0.677. The Morgan fingerprint density at radius 1 is 1.44 bits per heavy atom. The van der Waals surface area contributed by atoms with Gasteiger partial charge in [-0.3, -0.25) is 4.79 Å². The van der Waals surface area contributed by atoms with E-state index in [0.29, 0.717) is 19.4 Å². The standard InChI is InChI=1S/C11H14ClNO2.Na.H/c12-11(9-5-2-1-3-6-9)15-10(14)7-4-8-13;;/h1-3,5-6,11H,4,7-8,13H2;;/q;+1;-1. The maximum atomic E-state index is 11.2. The third kappa shape index (κ3) is 5.87. The number of rotatable bonds is 5. The van der Waals surface area contributed by atoms with Crippen LogP contribution >= 0.6 is 11.6 Å². The quantitative estimate of drug-likeness (QED) is 0.429. The average molecular weight is 252 g/mol. The summed E-state index contributed by atoms with van der Waals surface area (Å²) in [6.07, 6.45) is 0.934. The zero-order chi connectivity index (χ0) is 11.1. The molecule has 1 aromatic rings. The van der Waals surface area contributed by atoms with Gasteiger partial charge in [0.1, 0.15) is 0 Å². The molecule has 0 saturated heterocycles. The number of hydrogen-bond acceptors (Lipinski definition) is 3. The molecule has 1 unspecified atom stereocenters. The summed E-state index contributed by atoms with van der Waals surface area (Å²) in [5.74, 6) is -0.315. The maximum absolute atomic E-state index is 11.2. The number of halogens is 1. The predicted molar refractivity (Wildman–Crippen MR) is 60.5 cm³/mol. The van der Waals surface area contributed by atoms with E-state index >= 15 is 0 Å². The van der Waals surface area contributed by atoms with Gasteiger partial charge in [0.05, 0.1) is 0 Å². The van der Waals surface area contributed by atoms with Crippen LogP contribution < -0.4 is 35.3 Å². The van der Waals surface area contributed by atoms with Crippen LogP contribution in [-0.4, -0.2) is 12.5 Å². The number of hydrogen-bond donors (Lipinski definition) is 1. The van der Waals surface area contributed by atoms with Crippen molar-refractivity contribution >= 4 is 17.6 Å². The van der Waals surface area contributed by atoms with Gasteiger partial charge < -0.3 is 11.9 Å². The summed E-state index contributed by atoms with van der Waals surface area (Å²) in [5.41, 5.74) is 5.34. The molecule has 1 rings (SSSR count). The van der Waals surface area contributed by atoms with E-state index in [1.165, 1.54) is 0 Å². The second-order valence-electron chi connectivity index (χ2n) is 3.11. The van der Waals surface area contributed by atoms with Crippen LogP contribution in [0.3, 0.4) is 0 Å². The smallest absolute Gasteiger partial charge is 1.00 e. The Labute approximate surface area is 124 Å². The zero-order valence-electron chi connectivity index (χ0n) is 10.4. The first kappa shape index (κ1) is 15.9. The number of ether oxygens (including phenoxy) is 1. The first-order valence-corrected chi connectivity index (χ1v) is 5.26. The molecule has 0 heterocycles. The summed E-state index contributed by atoms with van der Waals surface area (Å²) in [4.78, 5) is 11.2. The fourth-order valence-corrected chi connectivity index (χ4v) is 1.34. The Hall–Kier alpha value is -0.0600. The van der Waals surface area contributed by atoms with Gasteiger partial charge >= 0.3 is 35.5 Å². The number of carbonyl (C=O) groups excluding carboxylic acids is 1. The van der Waals surface area contributed by atoms with Gasteiger partial charge in [0.2, 0.25) is 5.56 Å². The Kier molecular flexibility index (Phi) is 8.99. The molecule has 0 aliphatic carbocycles. The topological polar surface area (TPSA) is 52.3 Å². The van der Waals surface area contributed by atoms with Crippen LogP contribution in [0, 0.1) is 0 Å². The second-order valence-corrected chi connectivity index (χ2v) is 3.51. The van der Waals surface area contributed by atoms with Crippen LogP contribution in [0.1, 0.15) is 25.4 Å². The van der Waals surface area contributed by atoms with Gasteiger partial charge in [0, 0.05) is 12.0 Å². The van der Waals surface area contributed by atoms with Crippen molar-refractivity contribution in [3.63, 3.8) is 0 Å². The van der Waals surface area contributed by atoms with E-state index in [0.717, 1.165) is 5.56 Å². The normalized spacial score (nSPS) is 11.4. The van der Waals surface area contributed by atoms with Gasteiger partial charge in [0.15, 0.2) is 0 Å². The number of nitrogens with two attached hydrogens (primary N) is 1. The molecular weight excluding hydrogens is 237 g/mol. The van der Waals surface area contributed by atoms with Crippen molar-refractivity contribution in [3.05, 3.63) is 35.9 Å². The van der Waals surface area contributed by atoms with Crippen LogP contribution in [0.2, 0.25) is 0 Å². The summed E-state index contributed by atoms with van der Waals surface area (Å²) in [5, 5.41) is 0. The summed E-state index contributed by atoms with van der Waals surface area (Å²) >= 11 is 5.91. The number of benzene rings is 1. The van der Waals surface area contributed by atoms with Gasteiger partial charge in [-0.25, -0.2) is 0 Å². The molecule has 0 aliphatic heterocycles. The van der Waals surface area contributed by atoms with Crippen molar-refractivity contribution in [2.24, 2.45) is 5.73 Å². The molecule has 1 aromatic carbocycles. The minimum Gasteiger partial charge on any atom is -1.00 e. The van der Waals surface area contributed by atoms with Crippen LogP contribution in [0.5, 0.6) is 0 Å². The third-order valence-electron chi connectivity index (χ3n) is 1.88. The molecule has 0 aromatic heterocycles. The maximum Gasteiger partial charge on any atom is 1.00 e. The largest absolute Gasteiger partial charge is 1.00 e. The minimum atomic E-state index is -0.712. The van der Waals surface area contributed by atoms with Crippen molar-refractivity contribution in [1.29, 1.82) is 0 Å². The fourth-order valence-electron chi connectivity index (χ4n) is 1.09. The van der Waals surface area contributed by atoms with E-state index in [4.69, 9.17) is 22.1 Å². The van der Waals surface area contributed by atoms with Crippen LogP contribution in [-0.2, 0) is 9.53 Å². The summed E-state index contributed by atoms with van der Waals surface area (Å²) < 4.78 is 5.01. The van der Waals surface area contributed by atoms with E-state index in [1.54, 1.807) is 0 Å². The van der Waals surface area contributed by atoms with Crippen molar-refractivity contribution < 1.29 is 40.5 Å². The van der Waals surface area contributed by atoms with Crippen molar-refractivity contribution in [1.82, 2.24) is 0 Å². The molecule has 5 heteroatoms. The average Bonchev–Trinajstić information content (AvgIpc) is 2.27. The number of carbonyl (C=O) groups is 1. The molecule has 84 valence electrons. The third-order valence-corrected chi connectivity index (χ3v) is 2.22. The molecule has 0 aliphatic rings. The molecule has 0 saturated carbocycles. The molecule has 0 radical (unpaired) electrons. The van der Waals surface area contributed by atoms with Crippen molar-refractivity contribution in [3.8, 4) is 0 Å². The fraction of sp³-hybridized carbons (Fsp3) is 0.364. The molecule has 16 heavy (non-hydrogen) atoms. The summed E-state index contributed by atoms with van der Waals surface area (Å²) in [6.45, 7) is 0.480. The van der Waals surface area contributed by atoms with E-state index in [-0.39, 0.29) is 37.0 Å². The van der Waals surface area contributed by atoms with Gasteiger partial charge in [-0.2, -0.15) is 0 Å². The van der Waals surface area contributed by atoms with Gasteiger partial charge in [-0.05, 0) is 13.0 Å². The van der Waals surface area contributed by atoms with E-state index in [9.17, 15) is 4.79 Å². The first-order valence-electron chi connectivity index (χ1n) is 4.82. The van der Waals surface area contributed by atoms with Crippen LogP contribution in [0.25, 0.3) is 0 Å².